The van der Waals surface area contributed by atoms with Crippen LogP contribution in [-0.2, 0) is 10.0 Å². The number of ether oxygens (including phenoxy) is 3. The smallest absolute Gasteiger partial charge is 0.243 e. The van der Waals surface area contributed by atoms with Crippen molar-refractivity contribution in [1.29, 1.82) is 0 Å². The van der Waals surface area contributed by atoms with Crippen molar-refractivity contribution in [2.24, 2.45) is 0 Å². The molecule has 38 heavy (non-hydrogen) atoms. The highest BCUT2D eigenvalue weighted by molar-refractivity contribution is 7.93. The summed E-state index contributed by atoms with van der Waals surface area (Å²) in [7, 11) is 0.111. The SMILES string of the molecule is COc1cccc(-c2nnc(NS(=O)(=O)[C@H](C)[C@@H](O)c3ccc(F)cc3)n2-c2c(OC)cccc2OC)n1. The van der Waals surface area contributed by atoms with Gasteiger partial charge in [0.1, 0.15) is 33.9 Å². The van der Waals surface area contributed by atoms with E-state index in [0.717, 1.165) is 12.1 Å². The maximum absolute atomic E-state index is 13.4. The second kappa shape index (κ2) is 11.0. The Morgan fingerprint density at radius 2 is 1.55 bits per heavy atom. The third-order valence-electron chi connectivity index (χ3n) is 5.83. The van der Waals surface area contributed by atoms with E-state index < -0.39 is 27.2 Å². The van der Waals surface area contributed by atoms with Crippen molar-refractivity contribution in [2.45, 2.75) is 18.3 Å². The molecule has 0 radical (unpaired) electrons. The number of benzene rings is 2. The summed E-state index contributed by atoms with van der Waals surface area (Å²) < 4.78 is 60.2. The number of pyridine rings is 1. The number of sulfonamides is 1. The molecule has 13 heteroatoms. The van der Waals surface area contributed by atoms with E-state index in [2.05, 4.69) is 19.9 Å². The molecule has 2 aromatic heterocycles. The van der Waals surface area contributed by atoms with Crippen LogP contribution in [0.4, 0.5) is 10.3 Å². The number of aliphatic hydroxyl groups excluding tert-OH is 1. The first kappa shape index (κ1) is 26.8. The summed E-state index contributed by atoms with van der Waals surface area (Å²) in [5.74, 6) is 0.442. The van der Waals surface area contributed by atoms with Gasteiger partial charge in [-0.25, -0.2) is 17.8 Å². The Labute approximate surface area is 218 Å². The number of anilines is 1. The lowest BCUT2D eigenvalue weighted by molar-refractivity contribution is 0.176. The van der Waals surface area contributed by atoms with Crippen molar-refractivity contribution in [3.63, 3.8) is 0 Å². The maximum atomic E-state index is 13.4. The minimum atomic E-state index is -4.27. The molecule has 0 aliphatic rings. The molecule has 11 nitrogen and oxygen atoms in total. The zero-order valence-electron chi connectivity index (χ0n) is 21.0. The van der Waals surface area contributed by atoms with Gasteiger partial charge in [-0.15, -0.1) is 10.2 Å². The third kappa shape index (κ3) is 5.24. The molecule has 0 spiro atoms. The van der Waals surface area contributed by atoms with Gasteiger partial charge in [-0.2, -0.15) is 0 Å². The molecule has 0 fully saturated rings. The van der Waals surface area contributed by atoms with E-state index in [9.17, 15) is 17.9 Å². The fraction of sp³-hybridized carbons (Fsp3) is 0.240. The Bertz CT molecular complexity index is 1510. The summed E-state index contributed by atoms with van der Waals surface area (Å²) in [5.41, 5.74) is 0.875. The van der Waals surface area contributed by atoms with Gasteiger partial charge in [0, 0.05) is 6.07 Å². The fourth-order valence-corrected chi connectivity index (χ4v) is 4.82. The van der Waals surface area contributed by atoms with Crippen molar-refractivity contribution in [3.05, 3.63) is 72.0 Å². The number of aliphatic hydroxyl groups is 1. The van der Waals surface area contributed by atoms with Crippen LogP contribution in [0.15, 0.2) is 60.7 Å². The molecule has 0 bridgehead atoms. The maximum Gasteiger partial charge on any atom is 0.243 e. The van der Waals surface area contributed by atoms with Crippen molar-refractivity contribution in [3.8, 4) is 34.6 Å². The summed E-state index contributed by atoms with van der Waals surface area (Å²) in [6, 6.07) is 15.0. The van der Waals surface area contributed by atoms with Gasteiger partial charge < -0.3 is 19.3 Å². The number of rotatable bonds is 10. The van der Waals surface area contributed by atoms with Crippen LogP contribution in [0.5, 0.6) is 17.4 Å². The van der Waals surface area contributed by atoms with Gasteiger partial charge in [0.2, 0.25) is 21.9 Å². The van der Waals surface area contributed by atoms with Crippen LogP contribution >= 0.6 is 0 Å². The minimum Gasteiger partial charge on any atom is -0.494 e. The van der Waals surface area contributed by atoms with Gasteiger partial charge in [0.25, 0.3) is 0 Å². The summed E-state index contributed by atoms with van der Waals surface area (Å²) in [5, 5.41) is 17.7. The van der Waals surface area contributed by atoms with E-state index in [-0.39, 0.29) is 17.3 Å². The molecule has 0 saturated carbocycles. The fourth-order valence-electron chi connectivity index (χ4n) is 3.75. The Morgan fingerprint density at radius 3 is 2.16 bits per heavy atom. The average Bonchev–Trinajstić information content (AvgIpc) is 3.34. The molecule has 4 rings (SSSR count). The first-order valence-electron chi connectivity index (χ1n) is 11.3. The number of aromatic nitrogens is 4. The van der Waals surface area contributed by atoms with Gasteiger partial charge in [0.15, 0.2) is 5.82 Å². The molecule has 0 unspecified atom stereocenters. The Morgan fingerprint density at radius 1 is 0.921 bits per heavy atom. The first-order valence-corrected chi connectivity index (χ1v) is 12.9. The molecular weight excluding hydrogens is 517 g/mol. The summed E-state index contributed by atoms with van der Waals surface area (Å²) in [6.45, 7) is 1.32. The van der Waals surface area contributed by atoms with Crippen molar-refractivity contribution >= 4 is 16.0 Å². The largest absolute Gasteiger partial charge is 0.494 e. The lowest BCUT2D eigenvalue weighted by Crippen LogP contribution is -2.32. The van der Waals surface area contributed by atoms with Gasteiger partial charge in [-0.05, 0) is 42.8 Å². The average molecular weight is 544 g/mol. The molecule has 0 saturated heterocycles. The number of halogens is 1. The van der Waals surface area contributed by atoms with Crippen LogP contribution in [0.25, 0.3) is 17.2 Å². The number of methoxy groups -OCH3 is 3. The van der Waals surface area contributed by atoms with Crippen molar-refractivity contribution in [1.82, 2.24) is 19.7 Å². The zero-order chi connectivity index (χ0) is 27.4. The predicted molar refractivity (Wildman–Crippen MR) is 138 cm³/mol. The topological polar surface area (TPSA) is 138 Å². The van der Waals surface area contributed by atoms with Gasteiger partial charge in [-0.1, -0.05) is 24.3 Å². The standard InChI is InChI=1S/C25H26FN5O6S/c1-15(23(32)16-11-13-17(26)14-12-16)38(33,34)30-25-29-28-24(18-7-5-10-21(27-18)37-4)31(25)22-19(35-2)8-6-9-20(22)36-3/h5-15,23,32H,1-4H3,(H,29,30)/t15-,23-/m1/s1. The molecule has 2 atom stereocenters. The van der Waals surface area contributed by atoms with Crippen LogP contribution in [0.1, 0.15) is 18.6 Å². The predicted octanol–water partition coefficient (Wildman–Crippen LogP) is 3.36. The highest BCUT2D eigenvalue weighted by Gasteiger charge is 2.32. The van der Waals surface area contributed by atoms with Crippen LogP contribution in [0, 0.1) is 5.82 Å². The molecule has 0 aliphatic heterocycles. The lowest BCUT2D eigenvalue weighted by Gasteiger charge is -2.21. The molecule has 2 N–H and O–H groups in total. The van der Waals surface area contributed by atoms with Crippen molar-refractivity contribution < 1.29 is 32.1 Å². The zero-order valence-corrected chi connectivity index (χ0v) is 21.8. The third-order valence-corrected chi connectivity index (χ3v) is 7.53. The van der Waals surface area contributed by atoms with Gasteiger partial charge in [-0.3, -0.25) is 9.29 Å². The minimum absolute atomic E-state index is 0.163. The molecule has 2 heterocycles. The highest BCUT2D eigenvalue weighted by Crippen LogP contribution is 2.38. The highest BCUT2D eigenvalue weighted by atomic mass is 32.2. The van der Waals surface area contributed by atoms with Crippen LogP contribution in [-0.4, -0.2) is 59.9 Å². The summed E-state index contributed by atoms with van der Waals surface area (Å²) >= 11 is 0. The number of nitrogens with zero attached hydrogens (tertiary/aromatic N) is 4. The number of nitrogens with one attached hydrogen (secondary N) is 1. The monoisotopic (exact) mass is 543 g/mol. The summed E-state index contributed by atoms with van der Waals surface area (Å²) in [6.07, 6.45) is -1.45. The van der Waals surface area contributed by atoms with Gasteiger partial charge >= 0.3 is 0 Å². The Hall–Kier alpha value is -4.23. The second-order valence-corrected chi connectivity index (χ2v) is 10.1. The second-order valence-electron chi connectivity index (χ2n) is 8.11. The van der Waals surface area contributed by atoms with E-state index in [1.165, 1.54) is 45.0 Å². The van der Waals surface area contributed by atoms with Crippen LogP contribution < -0.4 is 18.9 Å². The lowest BCUT2D eigenvalue weighted by atomic mass is 10.1. The molecule has 0 amide bonds. The molecule has 200 valence electrons. The van der Waals surface area contributed by atoms with E-state index in [1.54, 1.807) is 36.4 Å². The quantitative estimate of drug-likeness (QED) is 0.308. The normalized spacial score (nSPS) is 13.0. The number of hydrogen-bond acceptors (Lipinski definition) is 9. The van der Waals surface area contributed by atoms with E-state index in [0.29, 0.717) is 28.8 Å². The molecule has 0 aliphatic carbocycles. The number of hydrogen-bond donors (Lipinski definition) is 2. The van der Waals surface area contributed by atoms with Crippen LogP contribution in [0.2, 0.25) is 0 Å². The van der Waals surface area contributed by atoms with Gasteiger partial charge in [0.05, 0.1) is 27.4 Å². The molecular formula is C25H26FN5O6S. The molecule has 4 aromatic rings. The van der Waals surface area contributed by atoms with E-state index >= 15 is 0 Å². The summed E-state index contributed by atoms with van der Waals surface area (Å²) in [4.78, 5) is 4.40. The van der Waals surface area contributed by atoms with Crippen molar-refractivity contribution in [2.75, 3.05) is 26.1 Å². The van der Waals surface area contributed by atoms with Crippen LogP contribution in [0.3, 0.4) is 0 Å². The number of para-hydroxylation sites is 1. The first-order chi connectivity index (χ1) is 18.2. The Balaban J connectivity index is 1.84. The van der Waals surface area contributed by atoms with E-state index in [4.69, 9.17) is 14.2 Å². The van der Waals surface area contributed by atoms with E-state index in [1.807, 2.05) is 0 Å². The Kier molecular flexibility index (Phi) is 7.78. The molecule has 2 aromatic carbocycles.